The van der Waals surface area contributed by atoms with Crippen LogP contribution in [-0.2, 0) is 0 Å². The Morgan fingerprint density at radius 1 is 1.29 bits per heavy atom. The van der Waals surface area contributed by atoms with Crippen molar-refractivity contribution in [3.8, 4) is 0 Å². The van der Waals surface area contributed by atoms with Crippen molar-refractivity contribution in [1.82, 2.24) is 4.90 Å². The summed E-state index contributed by atoms with van der Waals surface area (Å²) in [6.45, 7) is 10.9. The molecule has 0 bridgehead atoms. The van der Waals surface area contributed by atoms with Crippen LogP contribution in [0.2, 0.25) is 0 Å². The molecule has 1 rings (SSSR count). The summed E-state index contributed by atoms with van der Waals surface area (Å²) in [7, 11) is 0. The van der Waals surface area contributed by atoms with Gasteiger partial charge < -0.3 is 10.0 Å². The highest BCUT2D eigenvalue weighted by molar-refractivity contribution is 4.93. The van der Waals surface area contributed by atoms with Crippen molar-refractivity contribution in [2.24, 2.45) is 11.3 Å². The third-order valence-corrected chi connectivity index (χ3v) is 3.81. The van der Waals surface area contributed by atoms with Gasteiger partial charge in [0.15, 0.2) is 0 Å². The quantitative estimate of drug-likeness (QED) is 0.708. The number of likely N-dealkylation sites (tertiary alicyclic amines) is 1. The molecule has 84 valence electrons. The van der Waals surface area contributed by atoms with Gasteiger partial charge in [0.1, 0.15) is 0 Å². The van der Waals surface area contributed by atoms with Crippen LogP contribution in [0.1, 0.15) is 40.0 Å². The van der Waals surface area contributed by atoms with Gasteiger partial charge in [-0.1, -0.05) is 20.8 Å². The molecular formula is C12H25NO. The molecule has 2 heteroatoms. The van der Waals surface area contributed by atoms with E-state index in [1.54, 1.807) is 0 Å². The monoisotopic (exact) mass is 199 g/mol. The maximum atomic E-state index is 8.82. The van der Waals surface area contributed by atoms with E-state index in [2.05, 4.69) is 25.7 Å². The second kappa shape index (κ2) is 5.13. The van der Waals surface area contributed by atoms with Gasteiger partial charge in [-0.25, -0.2) is 0 Å². The van der Waals surface area contributed by atoms with Gasteiger partial charge in [0.05, 0.1) is 0 Å². The number of hydrogen-bond acceptors (Lipinski definition) is 2. The fourth-order valence-electron chi connectivity index (χ4n) is 2.48. The minimum atomic E-state index is 0.335. The number of aliphatic hydroxyl groups is 1. The second-order valence-electron chi connectivity index (χ2n) is 4.99. The molecule has 0 saturated carbocycles. The van der Waals surface area contributed by atoms with Crippen LogP contribution in [0.5, 0.6) is 0 Å². The van der Waals surface area contributed by atoms with Gasteiger partial charge in [-0.2, -0.15) is 0 Å². The van der Waals surface area contributed by atoms with E-state index in [1.165, 1.54) is 32.5 Å². The molecule has 0 radical (unpaired) electrons. The minimum absolute atomic E-state index is 0.335. The molecule has 1 atom stereocenters. The third kappa shape index (κ3) is 2.71. The summed E-state index contributed by atoms with van der Waals surface area (Å²) in [6, 6.07) is 0. The van der Waals surface area contributed by atoms with Gasteiger partial charge in [-0.3, -0.25) is 0 Å². The van der Waals surface area contributed by atoms with Crippen LogP contribution in [-0.4, -0.2) is 36.2 Å². The summed E-state index contributed by atoms with van der Waals surface area (Å²) in [4.78, 5) is 2.54. The molecule has 1 aliphatic heterocycles. The maximum absolute atomic E-state index is 8.82. The van der Waals surface area contributed by atoms with E-state index in [9.17, 15) is 0 Å². The lowest BCUT2D eigenvalue weighted by molar-refractivity contribution is -0.0162. The first-order valence-corrected chi connectivity index (χ1v) is 5.99. The molecule has 0 amide bonds. The molecule has 0 aromatic carbocycles. The van der Waals surface area contributed by atoms with Crippen LogP contribution in [0.3, 0.4) is 0 Å². The Hall–Kier alpha value is -0.0800. The number of nitrogens with zero attached hydrogens (tertiary/aromatic N) is 1. The average Bonchev–Trinajstić information content (AvgIpc) is 2.11. The van der Waals surface area contributed by atoms with Crippen molar-refractivity contribution in [2.45, 2.75) is 40.0 Å². The summed E-state index contributed by atoms with van der Waals surface area (Å²) in [5.41, 5.74) is 0.624. The second-order valence-corrected chi connectivity index (χ2v) is 4.99. The Kier molecular flexibility index (Phi) is 4.39. The van der Waals surface area contributed by atoms with Crippen LogP contribution in [0.4, 0.5) is 0 Å². The molecule has 0 aromatic heterocycles. The fraction of sp³-hybridized carbons (Fsp3) is 1.00. The van der Waals surface area contributed by atoms with E-state index >= 15 is 0 Å². The summed E-state index contributed by atoms with van der Waals surface area (Å²) in [6.07, 6.45) is 3.57. The van der Waals surface area contributed by atoms with Crippen LogP contribution in [0.15, 0.2) is 0 Å². The van der Waals surface area contributed by atoms with Crippen LogP contribution in [0.25, 0.3) is 0 Å². The molecule has 1 fully saturated rings. The van der Waals surface area contributed by atoms with Gasteiger partial charge in [0.2, 0.25) is 0 Å². The predicted molar refractivity (Wildman–Crippen MR) is 60.3 cm³/mol. The van der Waals surface area contributed by atoms with Gasteiger partial charge >= 0.3 is 0 Å². The van der Waals surface area contributed by atoms with Crippen molar-refractivity contribution < 1.29 is 5.11 Å². The Morgan fingerprint density at radius 2 is 1.86 bits per heavy atom. The first-order chi connectivity index (χ1) is 6.65. The molecule has 1 unspecified atom stereocenters. The summed E-state index contributed by atoms with van der Waals surface area (Å²) in [5, 5.41) is 8.82. The van der Waals surface area contributed by atoms with E-state index in [0.29, 0.717) is 17.9 Å². The van der Waals surface area contributed by atoms with Crippen LogP contribution >= 0.6 is 0 Å². The van der Waals surface area contributed by atoms with E-state index in [0.717, 1.165) is 6.42 Å². The molecule has 1 N–H and O–H groups in total. The smallest absolute Gasteiger partial charge is 0.0434 e. The highest BCUT2D eigenvalue weighted by Gasteiger charge is 2.39. The highest BCUT2D eigenvalue weighted by atomic mass is 16.3. The molecule has 2 nitrogen and oxygen atoms in total. The Bertz CT molecular complexity index is 158. The molecule has 14 heavy (non-hydrogen) atoms. The Balaban J connectivity index is 2.20. The lowest BCUT2D eigenvalue weighted by Crippen LogP contribution is -2.56. The molecule has 0 aliphatic carbocycles. The molecule has 0 spiro atoms. The standard InChI is InChI=1S/C12H25NO/c1-4-12(5-2)9-13(10-12)8-11(3)6-7-14/h11,14H,4-10H2,1-3H3. The fourth-order valence-corrected chi connectivity index (χ4v) is 2.48. The molecule has 1 saturated heterocycles. The lowest BCUT2D eigenvalue weighted by atomic mass is 9.75. The van der Waals surface area contributed by atoms with Crippen LogP contribution < -0.4 is 0 Å². The summed E-state index contributed by atoms with van der Waals surface area (Å²) in [5.74, 6) is 0.645. The average molecular weight is 199 g/mol. The van der Waals surface area contributed by atoms with Crippen molar-refractivity contribution in [1.29, 1.82) is 0 Å². The Labute approximate surface area is 88.3 Å². The van der Waals surface area contributed by atoms with Crippen molar-refractivity contribution in [3.63, 3.8) is 0 Å². The van der Waals surface area contributed by atoms with E-state index in [1.807, 2.05) is 0 Å². The maximum Gasteiger partial charge on any atom is 0.0434 e. The number of rotatable bonds is 6. The summed E-state index contributed by atoms with van der Waals surface area (Å²) < 4.78 is 0. The molecule has 0 aromatic rings. The number of aliphatic hydroxyl groups excluding tert-OH is 1. The summed E-state index contributed by atoms with van der Waals surface area (Å²) >= 11 is 0. The van der Waals surface area contributed by atoms with Crippen molar-refractivity contribution in [3.05, 3.63) is 0 Å². The van der Waals surface area contributed by atoms with Crippen LogP contribution in [0, 0.1) is 11.3 Å². The molecule has 1 heterocycles. The zero-order valence-electron chi connectivity index (χ0n) is 9.92. The third-order valence-electron chi connectivity index (χ3n) is 3.81. The van der Waals surface area contributed by atoms with Gasteiger partial charge in [0.25, 0.3) is 0 Å². The molecular weight excluding hydrogens is 174 g/mol. The predicted octanol–water partition coefficient (Wildman–Crippen LogP) is 2.13. The first kappa shape index (κ1) is 12.0. The molecule has 1 aliphatic rings. The van der Waals surface area contributed by atoms with Crippen molar-refractivity contribution >= 4 is 0 Å². The first-order valence-electron chi connectivity index (χ1n) is 5.99. The minimum Gasteiger partial charge on any atom is -0.396 e. The zero-order valence-corrected chi connectivity index (χ0v) is 9.92. The topological polar surface area (TPSA) is 23.5 Å². The van der Waals surface area contributed by atoms with Crippen molar-refractivity contribution in [2.75, 3.05) is 26.2 Å². The van der Waals surface area contributed by atoms with E-state index in [4.69, 9.17) is 5.11 Å². The van der Waals surface area contributed by atoms with Gasteiger partial charge in [-0.15, -0.1) is 0 Å². The van der Waals surface area contributed by atoms with Gasteiger partial charge in [0, 0.05) is 26.2 Å². The highest BCUT2D eigenvalue weighted by Crippen LogP contribution is 2.37. The van der Waals surface area contributed by atoms with Gasteiger partial charge in [-0.05, 0) is 30.6 Å². The normalized spacial score (nSPS) is 23.1. The Morgan fingerprint density at radius 3 is 2.29 bits per heavy atom. The SMILES string of the molecule is CCC1(CC)CN(CC(C)CCO)C1. The zero-order chi connectivity index (χ0) is 10.6. The van der Waals surface area contributed by atoms with E-state index in [-0.39, 0.29) is 0 Å². The largest absolute Gasteiger partial charge is 0.396 e. The number of hydrogen-bond donors (Lipinski definition) is 1. The van der Waals surface area contributed by atoms with E-state index < -0.39 is 0 Å². The lowest BCUT2D eigenvalue weighted by Gasteiger charge is -2.50.